The van der Waals surface area contributed by atoms with Gasteiger partial charge in [0.15, 0.2) is 6.29 Å². The van der Waals surface area contributed by atoms with Crippen molar-refractivity contribution in [2.45, 2.75) is 26.2 Å². The second-order valence-electron chi connectivity index (χ2n) is 6.91. The topological polar surface area (TPSA) is 63.9 Å². The maximum Gasteiger partial charge on any atom is 0.270 e. The molecule has 0 unspecified atom stereocenters. The molecule has 3 aromatic heterocycles. The molecule has 1 saturated heterocycles. The van der Waals surface area contributed by atoms with Crippen LogP contribution in [0, 0.1) is 0 Å². The number of carbonyl (C=O) groups excluding carboxylic acids is 1. The van der Waals surface area contributed by atoms with Crippen LogP contribution in [0.2, 0.25) is 0 Å². The molecular formula is C21H23N3O3S. The molecule has 3 aromatic rings. The molecule has 0 aromatic carbocycles. The molecule has 1 aliphatic rings. The number of ether oxygens (including phenoxy) is 1. The summed E-state index contributed by atoms with van der Waals surface area (Å²) in [7, 11) is 0. The van der Waals surface area contributed by atoms with Crippen molar-refractivity contribution in [3.63, 3.8) is 0 Å². The number of thiophene rings is 1. The van der Waals surface area contributed by atoms with E-state index in [9.17, 15) is 9.59 Å². The van der Waals surface area contributed by atoms with E-state index < -0.39 is 0 Å². The lowest BCUT2D eigenvalue weighted by atomic mass is 10.1. The Morgan fingerprint density at radius 1 is 1.21 bits per heavy atom. The van der Waals surface area contributed by atoms with Gasteiger partial charge in [0, 0.05) is 24.2 Å². The smallest absolute Gasteiger partial charge is 0.270 e. The van der Waals surface area contributed by atoms with Crippen LogP contribution < -0.4 is 10.5 Å². The van der Waals surface area contributed by atoms with Gasteiger partial charge in [-0.1, -0.05) is 6.92 Å². The summed E-state index contributed by atoms with van der Waals surface area (Å²) in [5, 5.41) is 2.21. The summed E-state index contributed by atoms with van der Waals surface area (Å²) in [6.07, 6.45) is 5.25. The molecule has 4 rings (SSSR count). The van der Waals surface area contributed by atoms with Crippen molar-refractivity contribution in [1.29, 1.82) is 0 Å². The Bertz CT molecular complexity index is 1050. The van der Waals surface area contributed by atoms with Gasteiger partial charge in [-0.15, -0.1) is 11.3 Å². The van der Waals surface area contributed by atoms with Gasteiger partial charge >= 0.3 is 0 Å². The fourth-order valence-electron chi connectivity index (χ4n) is 3.47. The predicted octanol–water partition coefficient (Wildman–Crippen LogP) is 2.75. The average Bonchev–Trinajstić information content (AvgIpc) is 3.21. The molecule has 6 nitrogen and oxygen atoms in total. The third-order valence-electron chi connectivity index (χ3n) is 5.11. The molecular weight excluding hydrogens is 374 g/mol. The maximum absolute atomic E-state index is 12.8. The first-order valence-corrected chi connectivity index (χ1v) is 10.5. The Hall–Kier alpha value is -2.51. The monoisotopic (exact) mass is 397 g/mol. The van der Waals surface area contributed by atoms with E-state index in [1.807, 2.05) is 17.0 Å². The zero-order valence-electron chi connectivity index (χ0n) is 15.9. The SMILES string of the molecule is CCc1csc(CCc2ccn3c(=O)c(C=O)c(N4CCOCC4)nc3c2)c1. The summed E-state index contributed by atoms with van der Waals surface area (Å²) in [6.45, 7) is 4.56. The second kappa shape index (κ2) is 8.24. The van der Waals surface area contributed by atoms with Crippen LogP contribution >= 0.6 is 11.3 Å². The van der Waals surface area contributed by atoms with Crippen LogP contribution in [-0.2, 0) is 24.0 Å². The van der Waals surface area contributed by atoms with Gasteiger partial charge < -0.3 is 9.64 Å². The minimum Gasteiger partial charge on any atom is -0.378 e. The average molecular weight is 398 g/mol. The molecule has 4 heterocycles. The number of anilines is 1. The fraction of sp³-hybridized carbons (Fsp3) is 0.381. The molecule has 0 amide bonds. The molecule has 0 radical (unpaired) electrons. The third-order valence-corrected chi connectivity index (χ3v) is 6.16. The van der Waals surface area contributed by atoms with Crippen molar-refractivity contribution in [3.05, 3.63) is 61.7 Å². The fourth-order valence-corrected chi connectivity index (χ4v) is 4.44. The van der Waals surface area contributed by atoms with E-state index in [0.29, 0.717) is 44.1 Å². The normalized spacial score (nSPS) is 14.5. The lowest BCUT2D eigenvalue weighted by Gasteiger charge is -2.28. The number of pyridine rings is 1. The lowest BCUT2D eigenvalue weighted by molar-refractivity contribution is 0.111. The summed E-state index contributed by atoms with van der Waals surface area (Å²) < 4.78 is 6.83. The van der Waals surface area contributed by atoms with Gasteiger partial charge in [0.25, 0.3) is 5.56 Å². The highest BCUT2D eigenvalue weighted by molar-refractivity contribution is 7.10. The predicted molar refractivity (Wildman–Crippen MR) is 111 cm³/mol. The van der Waals surface area contributed by atoms with Crippen molar-refractivity contribution in [1.82, 2.24) is 9.38 Å². The Balaban J connectivity index is 1.65. The minimum absolute atomic E-state index is 0.109. The number of morpholine rings is 1. The number of aromatic nitrogens is 2. The molecule has 7 heteroatoms. The Kier molecular flexibility index (Phi) is 5.54. The maximum atomic E-state index is 12.8. The van der Waals surface area contributed by atoms with Crippen molar-refractivity contribution >= 4 is 29.1 Å². The first-order chi connectivity index (χ1) is 13.7. The Labute approximate surface area is 167 Å². The van der Waals surface area contributed by atoms with E-state index in [2.05, 4.69) is 23.4 Å². The molecule has 0 spiro atoms. The third kappa shape index (κ3) is 3.72. The summed E-state index contributed by atoms with van der Waals surface area (Å²) in [6, 6.07) is 6.16. The van der Waals surface area contributed by atoms with Gasteiger partial charge in [0.05, 0.1) is 13.2 Å². The number of rotatable bonds is 6. The standard InChI is InChI=1S/C21H23N3O3S/c1-2-15-11-17(28-14-15)4-3-16-5-6-24-19(12-16)22-20(18(13-25)21(24)26)23-7-9-27-10-8-23/h5-6,11-14H,2-4,7-10H2,1H3. The van der Waals surface area contributed by atoms with Gasteiger partial charge in [0.1, 0.15) is 17.0 Å². The van der Waals surface area contributed by atoms with Gasteiger partial charge in [0.2, 0.25) is 0 Å². The van der Waals surface area contributed by atoms with Crippen LogP contribution in [-0.4, -0.2) is 42.0 Å². The van der Waals surface area contributed by atoms with Gasteiger partial charge in [-0.2, -0.15) is 0 Å². The molecule has 0 aliphatic carbocycles. The van der Waals surface area contributed by atoms with Crippen molar-refractivity contribution in [2.24, 2.45) is 0 Å². The molecule has 146 valence electrons. The van der Waals surface area contributed by atoms with E-state index in [4.69, 9.17) is 4.74 Å². The quantitative estimate of drug-likeness (QED) is 0.599. The molecule has 0 N–H and O–H groups in total. The molecule has 1 aliphatic heterocycles. The van der Waals surface area contributed by atoms with Crippen molar-refractivity contribution in [2.75, 3.05) is 31.2 Å². The van der Waals surface area contributed by atoms with E-state index in [1.54, 1.807) is 17.5 Å². The van der Waals surface area contributed by atoms with Crippen molar-refractivity contribution < 1.29 is 9.53 Å². The number of carbonyl (C=O) groups is 1. The van der Waals surface area contributed by atoms with E-state index in [-0.39, 0.29) is 11.1 Å². The lowest BCUT2D eigenvalue weighted by Crippen LogP contribution is -2.39. The number of fused-ring (bicyclic) bond motifs is 1. The van der Waals surface area contributed by atoms with Gasteiger partial charge in [-0.3, -0.25) is 14.0 Å². The van der Waals surface area contributed by atoms with Gasteiger partial charge in [-0.05, 0) is 54.0 Å². The van der Waals surface area contributed by atoms with Crippen LogP contribution in [0.1, 0.15) is 33.3 Å². The van der Waals surface area contributed by atoms with E-state index >= 15 is 0 Å². The van der Waals surface area contributed by atoms with Crippen LogP contribution in [0.15, 0.2) is 34.6 Å². The molecule has 0 saturated carbocycles. The number of nitrogens with zero attached hydrogens (tertiary/aromatic N) is 3. The first-order valence-electron chi connectivity index (χ1n) is 9.59. The summed E-state index contributed by atoms with van der Waals surface area (Å²) in [5.74, 6) is 0.464. The highest BCUT2D eigenvalue weighted by Crippen LogP contribution is 2.20. The Morgan fingerprint density at radius 2 is 2.04 bits per heavy atom. The number of hydrogen-bond acceptors (Lipinski definition) is 6. The summed E-state index contributed by atoms with van der Waals surface area (Å²) in [4.78, 5) is 32.4. The largest absolute Gasteiger partial charge is 0.378 e. The highest BCUT2D eigenvalue weighted by atomic mass is 32.1. The zero-order chi connectivity index (χ0) is 19.5. The molecule has 28 heavy (non-hydrogen) atoms. The van der Waals surface area contributed by atoms with Crippen LogP contribution in [0.4, 0.5) is 5.82 Å². The van der Waals surface area contributed by atoms with Crippen LogP contribution in [0.3, 0.4) is 0 Å². The highest BCUT2D eigenvalue weighted by Gasteiger charge is 2.20. The Morgan fingerprint density at radius 3 is 2.75 bits per heavy atom. The van der Waals surface area contributed by atoms with Gasteiger partial charge in [-0.25, -0.2) is 4.98 Å². The number of aryl methyl sites for hydroxylation is 3. The van der Waals surface area contributed by atoms with E-state index in [0.717, 1.165) is 24.8 Å². The van der Waals surface area contributed by atoms with E-state index in [1.165, 1.54) is 14.8 Å². The second-order valence-corrected chi connectivity index (χ2v) is 7.91. The molecule has 0 atom stereocenters. The number of hydrogen-bond donors (Lipinski definition) is 0. The van der Waals surface area contributed by atoms with Crippen LogP contribution in [0.25, 0.3) is 5.65 Å². The zero-order valence-corrected chi connectivity index (χ0v) is 16.7. The molecule has 1 fully saturated rings. The first kappa shape index (κ1) is 18.8. The number of aldehydes is 1. The summed E-state index contributed by atoms with van der Waals surface area (Å²) >= 11 is 1.80. The van der Waals surface area contributed by atoms with Crippen molar-refractivity contribution in [3.8, 4) is 0 Å². The van der Waals surface area contributed by atoms with Crippen LogP contribution in [0.5, 0.6) is 0 Å². The summed E-state index contributed by atoms with van der Waals surface area (Å²) in [5.41, 5.74) is 2.88. The minimum atomic E-state index is -0.320. The molecule has 0 bridgehead atoms.